The third-order valence-electron chi connectivity index (χ3n) is 1.59. The molecular formula is C10H11NO4. The third-order valence-corrected chi connectivity index (χ3v) is 1.59. The Kier molecular flexibility index (Phi) is 3.68. The molecule has 0 saturated carbocycles. The van der Waals surface area contributed by atoms with Crippen LogP contribution >= 0.6 is 0 Å². The smallest absolute Gasteiger partial charge is 0.409 e. The Bertz CT molecular complexity index is 375. The average molecular weight is 209 g/mol. The Balaban J connectivity index is 2.95. The van der Waals surface area contributed by atoms with Crippen LogP contribution in [0.4, 0.5) is 4.79 Å². The monoisotopic (exact) mass is 209 g/mol. The molecule has 0 fully saturated rings. The Morgan fingerprint density at radius 1 is 1.33 bits per heavy atom. The number of hydrogen-bond acceptors (Lipinski definition) is 4. The lowest BCUT2D eigenvalue weighted by atomic mass is 10.2. The number of amides is 1. The topological polar surface area (TPSA) is 78.6 Å². The minimum Gasteiger partial charge on any atom is -0.462 e. The van der Waals surface area contributed by atoms with Gasteiger partial charge >= 0.3 is 12.1 Å². The lowest BCUT2D eigenvalue weighted by Gasteiger charge is -2.06. The SMILES string of the molecule is CCOC(=O)c1ccccc1OC(N)=O. The molecule has 0 saturated heterocycles. The number of carbonyl (C=O) groups excluding carboxylic acids is 2. The predicted molar refractivity (Wildman–Crippen MR) is 52.6 cm³/mol. The van der Waals surface area contributed by atoms with E-state index in [-0.39, 0.29) is 17.9 Å². The summed E-state index contributed by atoms with van der Waals surface area (Å²) in [5.41, 5.74) is 5.03. The molecule has 0 aliphatic carbocycles. The summed E-state index contributed by atoms with van der Waals surface area (Å²) in [5, 5.41) is 0. The second-order valence-electron chi connectivity index (χ2n) is 2.64. The maximum Gasteiger partial charge on any atom is 0.409 e. The largest absolute Gasteiger partial charge is 0.462 e. The van der Waals surface area contributed by atoms with E-state index in [2.05, 4.69) is 4.74 Å². The van der Waals surface area contributed by atoms with Gasteiger partial charge in [-0.15, -0.1) is 0 Å². The summed E-state index contributed by atoms with van der Waals surface area (Å²) in [6, 6.07) is 6.23. The molecule has 1 amide bonds. The zero-order chi connectivity index (χ0) is 11.3. The van der Waals surface area contributed by atoms with Crippen molar-refractivity contribution in [1.82, 2.24) is 0 Å². The van der Waals surface area contributed by atoms with Gasteiger partial charge in [-0.05, 0) is 19.1 Å². The van der Waals surface area contributed by atoms with E-state index in [0.29, 0.717) is 0 Å². The van der Waals surface area contributed by atoms with Crippen molar-refractivity contribution in [1.29, 1.82) is 0 Å². The molecule has 0 atom stereocenters. The van der Waals surface area contributed by atoms with E-state index in [4.69, 9.17) is 10.5 Å². The Morgan fingerprint density at radius 3 is 2.60 bits per heavy atom. The highest BCUT2D eigenvalue weighted by molar-refractivity contribution is 5.93. The molecule has 0 radical (unpaired) electrons. The van der Waals surface area contributed by atoms with Gasteiger partial charge in [-0.3, -0.25) is 0 Å². The molecule has 1 rings (SSSR count). The van der Waals surface area contributed by atoms with Gasteiger partial charge in [0.25, 0.3) is 0 Å². The predicted octanol–water partition coefficient (Wildman–Crippen LogP) is 1.32. The second kappa shape index (κ2) is 4.99. The van der Waals surface area contributed by atoms with Crippen LogP contribution in [0.15, 0.2) is 24.3 Å². The molecule has 0 bridgehead atoms. The molecule has 0 aliphatic rings. The summed E-state index contributed by atoms with van der Waals surface area (Å²) >= 11 is 0. The van der Waals surface area contributed by atoms with Gasteiger partial charge < -0.3 is 15.2 Å². The maximum absolute atomic E-state index is 11.4. The highest BCUT2D eigenvalue weighted by Gasteiger charge is 2.14. The molecule has 0 unspecified atom stereocenters. The molecule has 0 aromatic heterocycles. The summed E-state index contributed by atoms with van der Waals surface area (Å²) in [7, 11) is 0. The zero-order valence-corrected chi connectivity index (χ0v) is 8.23. The van der Waals surface area contributed by atoms with Gasteiger partial charge in [-0.2, -0.15) is 0 Å². The third kappa shape index (κ3) is 2.98. The van der Waals surface area contributed by atoms with Gasteiger partial charge in [0.1, 0.15) is 11.3 Å². The van der Waals surface area contributed by atoms with Crippen molar-refractivity contribution in [3.63, 3.8) is 0 Å². The first-order valence-corrected chi connectivity index (χ1v) is 4.38. The summed E-state index contributed by atoms with van der Waals surface area (Å²) < 4.78 is 9.43. The first-order chi connectivity index (χ1) is 7.15. The Labute approximate surface area is 86.8 Å². The maximum atomic E-state index is 11.4. The van der Waals surface area contributed by atoms with Crippen molar-refractivity contribution in [2.45, 2.75) is 6.92 Å². The van der Waals surface area contributed by atoms with Crippen molar-refractivity contribution >= 4 is 12.1 Å². The summed E-state index contributed by atoms with van der Waals surface area (Å²) in [6.45, 7) is 1.94. The van der Waals surface area contributed by atoms with Gasteiger partial charge in [0.2, 0.25) is 0 Å². The molecule has 80 valence electrons. The number of nitrogens with two attached hydrogens (primary N) is 1. The van der Waals surface area contributed by atoms with E-state index in [9.17, 15) is 9.59 Å². The fourth-order valence-electron chi connectivity index (χ4n) is 1.04. The van der Waals surface area contributed by atoms with Crippen LogP contribution in [0.2, 0.25) is 0 Å². The van der Waals surface area contributed by atoms with Crippen LogP contribution in [-0.4, -0.2) is 18.7 Å². The second-order valence-corrected chi connectivity index (χ2v) is 2.64. The van der Waals surface area contributed by atoms with Crippen molar-refractivity contribution in [2.24, 2.45) is 5.73 Å². The summed E-state index contributed by atoms with van der Waals surface area (Å²) in [4.78, 5) is 21.9. The highest BCUT2D eigenvalue weighted by Crippen LogP contribution is 2.18. The van der Waals surface area contributed by atoms with E-state index in [1.165, 1.54) is 12.1 Å². The molecule has 15 heavy (non-hydrogen) atoms. The molecule has 0 heterocycles. The van der Waals surface area contributed by atoms with E-state index >= 15 is 0 Å². The van der Waals surface area contributed by atoms with Gasteiger partial charge in [0, 0.05) is 0 Å². The van der Waals surface area contributed by atoms with E-state index < -0.39 is 12.1 Å². The van der Waals surface area contributed by atoms with Crippen LogP contribution in [0.5, 0.6) is 5.75 Å². The number of esters is 1. The summed E-state index contributed by atoms with van der Waals surface area (Å²) in [6.07, 6.45) is -0.966. The zero-order valence-electron chi connectivity index (χ0n) is 8.23. The fourth-order valence-corrected chi connectivity index (χ4v) is 1.04. The van der Waals surface area contributed by atoms with E-state index in [1.807, 2.05) is 0 Å². The molecule has 2 N–H and O–H groups in total. The normalized spacial score (nSPS) is 9.40. The van der Waals surface area contributed by atoms with Crippen LogP contribution in [0.3, 0.4) is 0 Å². The number of rotatable bonds is 3. The van der Waals surface area contributed by atoms with E-state index in [0.717, 1.165) is 0 Å². The number of ether oxygens (including phenoxy) is 2. The van der Waals surface area contributed by atoms with Crippen LogP contribution in [0, 0.1) is 0 Å². The number of benzene rings is 1. The molecule has 5 nitrogen and oxygen atoms in total. The first-order valence-electron chi connectivity index (χ1n) is 4.38. The Morgan fingerprint density at radius 2 is 2.00 bits per heavy atom. The van der Waals surface area contributed by atoms with Gasteiger partial charge in [0.05, 0.1) is 6.61 Å². The highest BCUT2D eigenvalue weighted by atomic mass is 16.6. The lowest BCUT2D eigenvalue weighted by Crippen LogP contribution is -2.18. The molecule has 1 aromatic carbocycles. The Hall–Kier alpha value is -2.04. The molecule has 0 spiro atoms. The number of carbonyl (C=O) groups is 2. The standard InChI is InChI=1S/C10H11NO4/c1-2-14-9(12)7-5-3-4-6-8(7)15-10(11)13/h3-6H,2H2,1H3,(H2,11,13). The van der Waals surface area contributed by atoms with Gasteiger partial charge in [-0.1, -0.05) is 12.1 Å². The number of para-hydroxylation sites is 1. The van der Waals surface area contributed by atoms with E-state index in [1.54, 1.807) is 19.1 Å². The molecule has 5 heteroatoms. The summed E-state index contributed by atoms with van der Waals surface area (Å²) in [5.74, 6) is -0.446. The van der Waals surface area contributed by atoms with Gasteiger partial charge in [-0.25, -0.2) is 9.59 Å². The first kappa shape index (κ1) is 11.0. The minimum atomic E-state index is -0.966. The minimum absolute atomic E-state index is 0.100. The van der Waals surface area contributed by atoms with Crippen LogP contribution in [0.25, 0.3) is 0 Å². The fraction of sp³-hybridized carbons (Fsp3) is 0.200. The lowest BCUT2D eigenvalue weighted by molar-refractivity contribution is 0.0523. The molecular weight excluding hydrogens is 198 g/mol. The van der Waals surface area contributed by atoms with Crippen molar-refractivity contribution < 1.29 is 19.1 Å². The molecule has 0 aliphatic heterocycles. The number of hydrogen-bond donors (Lipinski definition) is 1. The molecule has 1 aromatic rings. The quantitative estimate of drug-likeness (QED) is 0.761. The number of primary amides is 1. The van der Waals surface area contributed by atoms with Crippen molar-refractivity contribution in [2.75, 3.05) is 6.61 Å². The average Bonchev–Trinajstić information content (AvgIpc) is 2.18. The van der Waals surface area contributed by atoms with Crippen molar-refractivity contribution in [3.05, 3.63) is 29.8 Å². The van der Waals surface area contributed by atoms with Crippen LogP contribution in [0.1, 0.15) is 17.3 Å². The van der Waals surface area contributed by atoms with Crippen LogP contribution in [-0.2, 0) is 4.74 Å². The van der Waals surface area contributed by atoms with Gasteiger partial charge in [0.15, 0.2) is 0 Å². The van der Waals surface area contributed by atoms with Crippen molar-refractivity contribution in [3.8, 4) is 5.75 Å². The van der Waals surface area contributed by atoms with Crippen LogP contribution < -0.4 is 10.5 Å².